The van der Waals surface area contributed by atoms with Gasteiger partial charge in [0, 0.05) is 24.8 Å². The zero-order chi connectivity index (χ0) is 16.1. The van der Waals surface area contributed by atoms with Crippen LogP contribution in [0.2, 0.25) is 0 Å². The number of nitrogens with one attached hydrogen (secondary N) is 2. The van der Waals surface area contributed by atoms with E-state index < -0.39 is 0 Å². The topological polar surface area (TPSA) is 71.4 Å². The van der Waals surface area contributed by atoms with E-state index in [0.717, 1.165) is 39.3 Å². The fourth-order valence-corrected chi connectivity index (χ4v) is 3.33. The van der Waals surface area contributed by atoms with Gasteiger partial charge in [0.2, 0.25) is 0 Å². The molecule has 3 aromatic heterocycles. The molecule has 0 amide bonds. The van der Waals surface area contributed by atoms with E-state index in [1.165, 1.54) is 19.3 Å². The summed E-state index contributed by atoms with van der Waals surface area (Å²) in [6.07, 6.45) is 7.41. The van der Waals surface area contributed by atoms with Gasteiger partial charge in [-0.1, -0.05) is 12.1 Å². The average Bonchev–Trinajstić information content (AvgIpc) is 3.13. The van der Waals surface area contributed by atoms with Crippen molar-refractivity contribution in [1.82, 2.24) is 24.5 Å². The summed E-state index contributed by atoms with van der Waals surface area (Å²) in [6.45, 7) is 0. The second-order valence-electron chi connectivity index (χ2n) is 6.45. The van der Waals surface area contributed by atoms with Crippen molar-refractivity contribution in [2.24, 2.45) is 7.05 Å². The van der Waals surface area contributed by atoms with Gasteiger partial charge in [0.1, 0.15) is 23.6 Å². The van der Waals surface area contributed by atoms with Crippen LogP contribution in [0.4, 0.5) is 5.82 Å². The number of aromatic nitrogens is 5. The van der Waals surface area contributed by atoms with Gasteiger partial charge in [-0.05, 0) is 31.4 Å². The Labute approximate surface area is 139 Å². The molecular weight excluding hydrogens is 300 g/mol. The number of imidazole rings is 1. The molecule has 1 saturated carbocycles. The van der Waals surface area contributed by atoms with Crippen LogP contribution in [0.5, 0.6) is 0 Å². The lowest BCUT2D eigenvalue weighted by Gasteiger charge is -2.27. The molecule has 0 saturated heterocycles. The smallest absolute Gasteiger partial charge is 0.145 e. The minimum absolute atomic E-state index is 0.520. The van der Waals surface area contributed by atoms with Crippen molar-refractivity contribution in [3.05, 3.63) is 36.8 Å². The zero-order valence-electron chi connectivity index (χ0n) is 13.5. The third-order valence-electron chi connectivity index (χ3n) is 4.84. The van der Waals surface area contributed by atoms with Crippen LogP contribution >= 0.6 is 0 Å². The van der Waals surface area contributed by atoms with Gasteiger partial charge in [-0.15, -0.1) is 0 Å². The fourth-order valence-electron chi connectivity index (χ4n) is 3.33. The number of rotatable bonds is 3. The molecule has 0 bridgehead atoms. The standard InChI is InChI=1S/C18H18N6/c1-24-9-12(16-22-13-7-2-3-8-14(13)23-16)15-17(19-10-20-18(15)24)21-11-5-4-6-11/h2-3,7-11H,4-6H2,1H3,(H,22,23)(H,19,20,21). The van der Waals surface area contributed by atoms with Gasteiger partial charge in [0.25, 0.3) is 0 Å². The molecule has 24 heavy (non-hydrogen) atoms. The van der Waals surface area contributed by atoms with E-state index in [2.05, 4.69) is 26.5 Å². The first-order chi connectivity index (χ1) is 11.8. The third kappa shape index (κ3) is 1.99. The molecule has 3 heterocycles. The number of aryl methyl sites for hydroxylation is 1. The van der Waals surface area contributed by atoms with Crippen molar-refractivity contribution in [3.8, 4) is 11.4 Å². The molecule has 2 N–H and O–H groups in total. The van der Waals surface area contributed by atoms with Crippen LogP contribution in [0.15, 0.2) is 36.8 Å². The molecule has 4 aromatic rings. The highest BCUT2D eigenvalue weighted by Crippen LogP contribution is 2.34. The Morgan fingerprint density at radius 1 is 1.21 bits per heavy atom. The highest BCUT2D eigenvalue weighted by atomic mass is 15.1. The summed E-state index contributed by atoms with van der Waals surface area (Å²) in [5.74, 6) is 1.76. The number of benzene rings is 1. The van der Waals surface area contributed by atoms with E-state index in [9.17, 15) is 0 Å². The SMILES string of the molecule is Cn1cc(-c2nc3ccccc3[nH]2)c2c(NC3CCC3)ncnc21. The number of H-pyrrole nitrogens is 1. The Morgan fingerprint density at radius 2 is 2.08 bits per heavy atom. The van der Waals surface area contributed by atoms with E-state index in [1.54, 1.807) is 6.33 Å². The number of para-hydroxylation sites is 2. The monoisotopic (exact) mass is 318 g/mol. The molecule has 6 heteroatoms. The average molecular weight is 318 g/mol. The molecule has 5 rings (SSSR count). The van der Waals surface area contributed by atoms with E-state index in [0.29, 0.717) is 6.04 Å². The largest absolute Gasteiger partial charge is 0.367 e. The minimum Gasteiger partial charge on any atom is -0.367 e. The summed E-state index contributed by atoms with van der Waals surface area (Å²) in [6, 6.07) is 8.60. The number of hydrogen-bond donors (Lipinski definition) is 2. The van der Waals surface area contributed by atoms with Gasteiger partial charge in [-0.3, -0.25) is 0 Å². The highest BCUT2D eigenvalue weighted by molar-refractivity contribution is 6.01. The molecule has 0 aliphatic heterocycles. The van der Waals surface area contributed by atoms with Crippen LogP contribution in [-0.4, -0.2) is 30.5 Å². The molecule has 0 unspecified atom stereocenters. The molecule has 6 nitrogen and oxygen atoms in total. The Bertz CT molecular complexity index is 1010. The number of fused-ring (bicyclic) bond motifs is 2. The molecule has 0 radical (unpaired) electrons. The van der Waals surface area contributed by atoms with Gasteiger partial charge >= 0.3 is 0 Å². The first-order valence-electron chi connectivity index (χ1n) is 8.31. The van der Waals surface area contributed by atoms with Crippen molar-refractivity contribution < 1.29 is 0 Å². The van der Waals surface area contributed by atoms with Crippen LogP contribution in [0.25, 0.3) is 33.5 Å². The molecule has 0 atom stereocenters. The summed E-state index contributed by atoms with van der Waals surface area (Å²) in [5.41, 5.74) is 3.96. The van der Waals surface area contributed by atoms with Crippen molar-refractivity contribution in [1.29, 1.82) is 0 Å². The van der Waals surface area contributed by atoms with Crippen molar-refractivity contribution in [2.45, 2.75) is 25.3 Å². The summed E-state index contributed by atoms with van der Waals surface area (Å²) in [4.78, 5) is 17.1. The maximum absolute atomic E-state index is 4.75. The summed E-state index contributed by atoms with van der Waals surface area (Å²) in [7, 11) is 2.01. The lowest BCUT2D eigenvalue weighted by Crippen LogP contribution is -2.27. The number of hydrogen-bond acceptors (Lipinski definition) is 4. The van der Waals surface area contributed by atoms with Crippen LogP contribution < -0.4 is 5.32 Å². The number of aromatic amines is 1. The molecular formula is C18H18N6. The Balaban J connectivity index is 1.72. The maximum Gasteiger partial charge on any atom is 0.145 e. The van der Waals surface area contributed by atoms with Gasteiger partial charge in [0.15, 0.2) is 0 Å². The van der Waals surface area contributed by atoms with Crippen molar-refractivity contribution >= 4 is 27.9 Å². The van der Waals surface area contributed by atoms with Crippen LogP contribution in [0.1, 0.15) is 19.3 Å². The Hall–Kier alpha value is -2.89. The molecule has 1 aliphatic rings. The highest BCUT2D eigenvalue weighted by Gasteiger charge is 2.22. The molecule has 1 fully saturated rings. The van der Waals surface area contributed by atoms with Crippen molar-refractivity contribution in [2.75, 3.05) is 5.32 Å². The van der Waals surface area contributed by atoms with Gasteiger partial charge in [-0.25, -0.2) is 15.0 Å². The second-order valence-corrected chi connectivity index (χ2v) is 6.45. The normalized spacial score (nSPS) is 15.0. The Kier molecular flexibility index (Phi) is 2.85. The van der Waals surface area contributed by atoms with E-state index in [-0.39, 0.29) is 0 Å². The quantitative estimate of drug-likeness (QED) is 0.607. The molecule has 0 spiro atoms. The van der Waals surface area contributed by atoms with E-state index in [1.807, 2.05) is 35.9 Å². The molecule has 120 valence electrons. The summed E-state index contributed by atoms with van der Waals surface area (Å²) in [5, 5.41) is 4.61. The maximum atomic E-state index is 4.75. The lowest BCUT2D eigenvalue weighted by molar-refractivity contribution is 0.445. The second kappa shape index (κ2) is 5.06. The van der Waals surface area contributed by atoms with Crippen LogP contribution in [-0.2, 0) is 7.05 Å². The fraction of sp³-hybridized carbons (Fsp3) is 0.278. The van der Waals surface area contributed by atoms with Gasteiger partial charge < -0.3 is 14.9 Å². The summed E-state index contributed by atoms with van der Waals surface area (Å²) >= 11 is 0. The predicted molar refractivity (Wildman–Crippen MR) is 94.9 cm³/mol. The molecule has 1 aliphatic carbocycles. The minimum atomic E-state index is 0.520. The lowest BCUT2D eigenvalue weighted by atomic mass is 9.93. The molecule has 1 aromatic carbocycles. The zero-order valence-corrected chi connectivity index (χ0v) is 13.5. The van der Waals surface area contributed by atoms with E-state index in [4.69, 9.17) is 4.98 Å². The van der Waals surface area contributed by atoms with Crippen LogP contribution in [0.3, 0.4) is 0 Å². The van der Waals surface area contributed by atoms with Crippen LogP contribution in [0, 0.1) is 0 Å². The first kappa shape index (κ1) is 13.5. The van der Waals surface area contributed by atoms with Gasteiger partial charge in [0.05, 0.1) is 16.4 Å². The predicted octanol–water partition coefficient (Wildman–Crippen LogP) is 3.48. The third-order valence-corrected chi connectivity index (χ3v) is 4.84. The summed E-state index contributed by atoms with van der Waals surface area (Å²) < 4.78 is 2.03. The Morgan fingerprint density at radius 3 is 2.88 bits per heavy atom. The number of nitrogens with zero attached hydrogens (tertiary/aromatic N) is 4. The first-order valence-corrected chi connectivity index (χ1v) is 8.31. The number of anilines is 1. The van der Waals surface area contributed by atoms with E-state index >= 15 is 0 Å². The van der Waals surface area contributed by atoms with Gasteiger partial charge in [-0.2, -0.15) is 0 Å². The van der Waals surface area contributed by atoms with Crippen molar-refractivity contribution in [3.63, 3.8) is 0 Å².